The second-order valence-corrected chi connectivity index (χ2v) is 4.54. The second kappa shape index (κ2) is 5.29. The number of amides is 1. The van der Waals surface area contributed by atoms with E-state index in [1.165, 1.54) is 11.1 Å². The lowest BCUT2D eigenvalue weighted by molar-refractivity contribution is -0.119. The number of halogens is 1. The van der Waals surface area contributed by atoms with Crippen molar-refractivity contribution in [2.75, 3.05) is 5.01 Å². The van der Waals surface area contributed by atoms with Gasteiger partial charge in [0.2, 0.25) is 0 Å². The summed E-state index contributed by atoms with van der Waals surface area (Å²) in [5.41, 5.74) is 1.01. The van der Waals surface area contributed by atoms with E-state index in [9.17, 15) is 9.18 Å². The van der Waals surface area contributed by atoms with Gasteiger partial charge in [0.25, 0.3) is 5.91 Å². The van der Waals surface area contributed by atoms with Crippen molar-refractivity contribution in [1.82, 2.24) is 0 Å². The summed E-state index contributed by atoms with van der Waals surface area (Å²) in [6.07, 6.45) is 2.81. The van der Waals surface area contributed by atoms with Crippen molar-refractivity contribution >= 4 is 17.3 Å². The molecule has 3 nitrogen and oxygen atoms in total. The maximum atomic E-state index is 13.7. The Morgan fingerprint density at radius 2 is 2.11 bits per heavy atom. The zero-order valence-electron chi connectivity index (χ0n) is 10.7. The zero-order valence-corrected chi connectivity index (χ0v) is 10.7. The van der Waals surface area contributed by atoms with Gasteiger partial charge in [-0.25, -0.2) is 4.39 Å². The van der Waals surface area contributed by atoms with E-state index < -0.39 is 5.82 Å². The lowest BCUT2D eigenvalue weighted by atomic mass is 9.97. The van der Waals surface area contributed by atoms with Crippen LogP contribution in [0, 0.1) is 11.7 Å². The summed E-state index contributed by atoms with van der Waals surface area (Å²) in [5.74, 6) is -0.728. The van der Waals surface area contributed by atoms with E-state index in [2.05, 4.69) is 12.0 Å². The second-order valence-electron chi connectivity index (χ2n) is 4.54. The van der Waals surface area contributed by atoms with Gasteiger partial charge in [-0.15, -0.1) is 0 Å². The van der Waals surface area contributed by atoms with Crippen LogP contribution < -0.4 is 5.01 Å². The number of hydrogen-bond acceptors (Lipinski definition) is 2. The van der Waals surface area contributed by atoms with Crippen LogP contribution in [-0.4, -0.2) is 11.6 Å². The summed E-state index contributed by atoms with van der Waals surface area (Å²) in [6, 6.07) is 6.22. The minimum absolute atomic E-state index is 0.119. The summed E-state index contributed by atoms with van der Waals surface area (Å²) >= 11 is 0. The molecule has 0 aromatic heterocycles. The largest absolute Gasteiger partial charge is 0.272 e. The quantitative estimate of drug-likeness (QED) is 0.804. The molecule has 1 aromatic carbocycles. The summed E-state index contributed by atoms with van der Waals surface area (Å²) in [7, 11) is 0. The SMILES string of the molecule is CCCCC1C(=O)N(c2ccccc2F)N=C1C. The Labute approximate surface area is 106 Å². The van der Waals surface area contributed by atoms with Crippen molar-refractivity contribution in [1.29, 1.82) is 0 Å². The number of rotatable bonds is 4. The normalized spacial score (nSPS) is 19.3. The maximum absolute atomic E-state index is 13.7. The van der Waals surface area contributed by atoms with Crippen LogP contribution in [0.15, 0.2) is 29.4 Å². The van der Waals surface area contributed by atoms with Crippen LogP contribution in [-0.2, 0) is 4.79 Å². The van der Waals surface area contributed by atoms with E-state index in [4.69, 9.17) is 0 Å². The molecule has 18 heavy (non-hydrogen) atoms. The molecule has 0 saturated carbocycles. The Hall–Kier alpha value is -1.71. The van der Waals surface area contributed by atoms with Gasteiger partial charge in [0.05, 0.1) is 5.92 Å². The summed E-state index contributed by atoms with van der Waals surface area (Å²) in [4.78, 5) is 12.2. The number of benzene rings is 1. The summed E-state index contributed by atoms with van der Waals surface area (Å²) in [6.45, 7) is 3.92. The van der Waals surface area contributed by atoms with Gasteiger partial charge in [0.15, 0.2) is 0 Å². The van der Waals surface area contributed by atoms with E-state index in [1.54, 1.807) is 18.2 Å². The highest BCUT2D eigenvalue weighted by atomic mass is 19.1. The molecule has 0 aliphatic carbocycles. The maximum Gasteiger partial charge on any atom is 0.256 e. The third-order valence-corrected chi connectivity index (χ3v) is 3.20. The number of hydrazone groups is 1. The van der Waals surface area contributed by atoms with Gasteiger partial charge >= 0.3 is 0 Å². The van der Waals surface area contributed by atoms with Crippen LogP contribution in [0.5, 0.6) is 0 Å². The monoisotopic (exact) mass is 248 g/mol. The Morgan fingerprint density at radius 3 is 2.78 bits per heavy atom. The molecule has 0 bridgehead atoms. The van der Waals surface area contributed by atoms with Crippen molar-refractivity contribution < 1.29 is 9.18 Å². The molecule has 0 saturated heterocycles. The number of carbonyl (C=O) groups excluding carboxylic acids is 1. The van der Waals surface area contributed by atoms with Crippen LogP contribution in [0.2, 0.25) is 0 Å². The number of para-hydroxylation sites is 1. The molecule has 0 fully saturated rings. The molecule has 1 heterocycles. The van der Waals surface area contributed by atoms with Crippen LogP contribution in [0.3, 0.4) is 0 Å². The van der Waals surface area contributed by atoms with Crippen LogP contribution >= 0.6 is 0 Å². The van der Waals surface area contributed by atoms with Gasteiger partial charge in [-0.1, -0.05) is 31.9 Å². The number of nitrogens with zero attached hydrogens (tertiary/aromatic N) is 2. The van der Waals surface area contributed by atoms with Crippen LogP contribution in [0.25, 0.3) is 0 Å². The Kier molecular flexibility index (Phi) is 3.75. The van der Waals surface area contributed by atoms with E-state index in [1.807, 2.05) is 6.92 Å². The number of anilines is 1. The standard InChI is InChI=1S/C14H17FN2O/c1-3-4-7-11-10(2)16-17(14(11)18)13-9-6-5-8-12(13)15/h5-6,8-9,11H,3-4,7H2,1-2H3. The Bertz CT molecular complexity index is 484. The molecule has 2 rings (SSSR count). The van der Waals surface area contributed by atoms with Gasteiger partial charge in [-0.2, -0.15) is 10.1 Å². The Balaban J connectivity index is 2.23. The third-order valence-electron chi connectivity index (χ3n) is 3.20. The average Bonchev–Trinajstić information content (AvgIpc) is 2.63. The third kappa shape index (κ3) is 2.28. The highest BCUT2D eigenvalue weighted by molar-refractivity contribution is 6.14. The smallest absolute Gasteiger partial charge is 0.256 e. The molecular formula is C14H17FN2O. The van der Waals surface area contributed by atoms with Gasteiger partial charge < -0.3 is 0 Å². The highest BCUT2D eigenvalue weighted by Crippen LogP contribution is 2.28. The molecule has 4 heteroatoms. The number of unbranched alkanes of at least 4 members (excludes halogenated alkanes) is 1. The fourth-order valence-electron chi connectivity index (χ4n) is 2.14. The molecule has 0 radical (unpaired) electrons. The first kappa shape index (κ1) is 12.7. The lowest BCUT2D eigenvalue weighted by Gasteiger charge is -2.14. The van der Waals surface area contributed by atoms with Crippen molar-refractivity contribution in [2.45, 2.75) is 33.1 Å². The molecule has 96 valence electrons. The first-order chi connectivity index (χ1) is 8.65. The molecule has 0 spiro atoms. The van der Waals surface area contributed by atoms with E-state index in [0.29, 0.717) is 0 Å². The first-order valence-electron chi connectivity index (χ1n) is 6.28. The van der Waals surface area contributed by atoms with Crippen molar-refractivity contribution in [3.05, 3.63) is 30.1 Å². The molecule has 0 N–H and O–H groups in total. The predicted octanol–water partition coefficient (Wildman–Crippen LogP) is 3.35. The summed E-state index contributed by atoms with van der Waals surface area (Å²) in [5, 5.41) is 5.39. The topological polar surface area (TPSA) is 32.7 Å². The Morgan fingerprint density at radius 1 is 1.39 bits per heavy atom. The van der Waals surface area contributed by atoms with E-state index in [-0.39, 0.29) is 17.5 Å². The van der Waals surface area contributed by atoms with Gasteiger partial charge in [-0.3, -0.25) is 4.79 Å². The molecule has 1 aromatic rings. The predicted molar refractivity (Wildman–Crippen MR) is 70.0 cm³/mol. The highest BCUT2D eigenvalue weighted by Gasteiger charge is 2.34. The van der Waals surface area contributed by atoms with Gasteiger partial charge in [-0.05, 0) is 25.5 Å². The van der Waals surface area contributed by atoms with Crippen molar-refractivity contribution in [3.63, 3.8) is 0 Å². The molecule has 1 aliphatic heterocycles. The van der Waals surface area contributed by atoms with E-state index >= 15 is 0 Å². The average molecular weight is 248 g/mol. The first-order valence-corrected chi connectivity index (χ1v) is 6.28. The molecule has 1 atom stereocenters. The summed E-state index contributed by atoms with van der Waals surface area (Å²) < 4.78 is 13.7. The van der Waals surface area contributed by atoms with Crippen molar-refractivity contribution in [3.8, 4) is 0 Å². The minimum atomic E-state index is -0.418. The van der Waals surface area contributed by atoms with Gasteiger partial charge in [0, 0.05) is 5.71 Å². The van der Waals surface area contributed by atoms with E-state index in [0.717, 1.165) is 25.0 Å². The van der Waals surface area contributed by atoms with Gasteiger partial charge in [0.1, 0.15) is 11.5 Å². The fraction of sp³-hybridized carbons (Fsp3) is 0.429. The fourth-order valence-corrected chi connectivity index (χ4v) is 2.14. The molecular weight excluding hydrogens is 231 g/mol. The molecule has 1 amide bonds. The van der Waals surface area contributed by atoms with Crippen LogP contribution in [0.1, 0.15) is 33.1 Å². The lowest BCUT2D eigenvalue weighted by Crippen LogP contribution is -2.27. The van der Waals surface area contributed by atoms with Crippen molar-refractivity contribution in [2.24, 2.45) is 11.0 Å². The zero-order chi connectivity index (χ0) is 13.1. The minimum Gasteiger partial charge on any atom is -0.272 e. The number of hydrogen-bond donors (Lipinski definition) is 0. The number of carbonyl (C=O) groups is 1. The van der Waals surface area contributed by atoms with Crippen LogP contribution in [0.4, 0.5) is 10.1 Å². The molecule has 1 aliphatic rings. The molecule has 1 unspecified atom stereocenters.